The van der Waals surface area contributed by atoms with Gasteiger partial charge in [0.1, 0.15) is 23.3 Å². The van der Waals surface area contributed by atoms with Crippen LogP contribution in [0.1, 0.15) is 46.8 Å². The Morgan fingerprint density at radius 1 is 1.26 bits per heavy atom. The second kappa shape index (κ2) is 10.0. The van der Waals surface area contributed by atoms with Gasteiger partial charge in [0.05, 0.1) is 12.8 Å². The second-order valence-corrected chi connectivity index (χ2v) is 8.33. The highest BCUT2D eigenvalue weighted by atomic mass is 19.1. The summed E-state index contributed by atoms with van der Waals surface area (Å²) < 4.78 is 18.6. The van der Waals surface area contributed by atoms with Crippen LogP contribution in [0.25, 0.3) is 0 Å². The van der Waals surface area contributed by atoms with Crippen molar-refractivity contribution in [3.05, 3.63) is 52.9 Å². The monoisotopic (exact) mass is 471 g/mol. The minimum Gasteiger partial charge on any atom is -0.494 e. The average molecular weight is 471 g/mol. The molecule has 2 N–H and O–H groups in total. The van der Waals surface area contributed by atoms with E-state index in [0.717, 1.165) is 0 Å². The number of carbonyl (C=O) groups is 2. The number of benzene rings is 1. The molecule has 3 heterocycles. The SMILES string of the molecule is COc1cc(CNC(=O)c2cc(C3=NOC(C4CCN(C(=O)O)CC4)C3)nc(C)n2)ccc1F. The molecule has 1 fully saturated rings. The number of methoxy groups -OCH3 is 1. The Kier molecular flexibility index (Phi) is 6.90. The molecule has 0 aliphatic carbocycles. The minimum atomic E-state index is -0.899. The molecule has 2 amide bonds. The van der Waals surface area contributed by atoms with Gasteiger partial charge in [-0.05, 0) is 43.5 Å². The maximum Gasteiger partial charge on any atom is 0.407 e. The third kappa shape index (κ3) is 5.24. The van der Waals surface area contributed by atoms with Crippen LogP contribution in [0, 0.1) is 18.7 Å². The number of piperidine rings is 1. The van der Waals surface area contributed by atoms with Crippen molar-refractivity contribution >= 4 is 17.7 Å². The lowest BCUT2D eigenvalue weighted by molar-refractivity contribution is 0.0152. The first-order valence-electron chi connectivity index (χ1n) is 11.0. The van der Waals surface area contributed by atoms with E-state index in [0.29, 0.717) is 55.1 Å². The smallest absolute Gasteiger partial charge is 0.407 e. The van der Waals surface area contributed by atoms with Gasteiger partial charge in [0.15, 0.2) is 11.6 Å². The third-order valence-corrected chi connectivity index (χ3v) is 6.06. The molecule has 180 valence electrons. The second-order valence-electron chi connectivity index (χ2n) is 8.33. The first-order valence-corrected chi connectivity index (χ1v) is 11.0. The van der Waals surface area contributed by atoms with Crippen LogP contribution in [0.15, 0.2) is 29.4 Å². The highest BCUT2D eigenvalue weighted by Crippen LogP contribution is 2.29. The van der Waals surface area contributed by atoms with E-state index < -0.39 is 17.8 Å². The Labute approximate surface area is 195 Å². The predicted octanol–water partition coefficient (Wildman–Crippen LogP) is 2.75. The molecule has 2 aliphatic rings. The van der Waals surface area contributed by atoms with Gasteiger partial charge in [0.2, 0.25) is 0 Å². The molecule has 1 aromatic heterocycles. The number of aryl methyl sites for hydroxylation is 1. The zero-order valence-corrected chi connectivity index (χ0v) is 19.0. The van der Waals surface area contributed by atoms with Gasteiger partial charge in [-0.25, -0.2) is 19.2 Å². The normalized spacial score (nSPS) is 18.3. The molecule has 2 aliphatic heterocycles. The molecule has 4 rings (SSSR count). The number of hydrogen-bond donors (Lipinski definition) is 2. The van der Waals surface area contributed by atoms with Gasteiger partial charge in [0, 0.05) is 32.0 Å². The van der Waals surface area contributed by atoms with Crippen LogP contribution in [0.4, 0.5) is 9.18 Å². The van der Waals surface area contributed by atoms with Crippen molar-refractivity contribution in [2.24, 2.45) is 11.1 Å². The van der Waals surface area contributed by atoms with Crippen molar-refractivity contribution in [1.29, 1.82) is 0 Å². The van der Waals surface area contributed by atoms with Crippen molar-refractivity contribution in [3.63, 3.8) is 0 Å². The Morgan fingerprint density at radius 3 is 2.74 bits per heavy atom. The summed E-state index contributed by atoms with van der Waals surface area (Å²) in [5, 5.41) is 16.1. The topological polar surface area (TPSA) is 126 Å². The van der Waals surface area contributed by atoms with E-state index in [1.807, 2.05) is 0 Å². The molecule has 1 atom stereocenters. The molecule has 0 spiro atoms. The van der Waals surface area contributed by atoms with Crippen LogP contribution in [0.3, 0.4) is 0 Å². The molecule has 0 radical (unpaired) electrons. The lowest BCUT2D eigenvalue weighted by Crippen LogP contribution is -2.40. The number of halogens is 1. The van der Waals surface area contributed by atoms with Crippen LogP contribution in [-0.2, 0) is 11.4 Å². The van der Waals surface area contributed by atoms with Crippen molar-refractivity contribution in [2.75, 3.05) is 20.2 Å². The molecule has 2 aromatic rings. The Bertz CT molecular complexity index is 1120. The summed E-state index contributed by atoms with van der Waals surface area (Å²) in [7, 11) is 1.38. The van der Waals surface area contributed by atoms with E-state index in [2.05, 4.69) is 20.4 Å². The number of hydrogen-bond acceptors (Lipinski definition) is 7. The van der Waals surface area contributed by atoms with Gasteiger partial charge in [-0.3, -0.25) is 4.79 Å². The fourth-order valence-corrected chi connectivity index (χ4v) is 4.18. The summed E-state index contributed by atoms with van der Waals surface area (Å²) in [5.41, 5.74) is 2.03. The van der Waals surface area contributed by atoms with E-state index in [4.69, 9.17) is 14.7 Å². The maximum absolute atomic E-state index is 13.6. The zero-order chi connectivity index (χ0) is 24.2. The lowest BCUT2D eigenvalue weighted by atomic mass is 9.88. The third-order valence-electron chi connectivity index (χ3n) is 6.06. The molecule has 0 bridgehead atoms. The summed E-state index contributed by atoms with van der Waals surface area (Å²) in [6.07, 6.45) is 0.912. The summed E-state index contributed by atoms with van der Waals surface area (Å²) >= 11 is 0. The summed E-state index contributed by atoms with van der Waals surface area (Å²) in [4.78, 5) is 39.6. The van der Waals surface area contributed by atoms with Gasteiger partial charge in [-0.1, -0.05) is 11.2 Å². The van der Waals surface area contributed by atoms with Crippen LogP contribution < -0.4 is 10.1 Å². The number of nitrogens with zero attached hydrogens (tertiary/aromatic N) is 4. The molecule has 1 saturated heterocycles. The molecule has 0 saturated carbocycles. The quantitative estimate of drug-likeness (QED) is 0.663. The van der Waals surface area contributed by atoms with E-state index in [1.165, 1.54) is 24.1 Å². The Hall–Kier alpha value is -3.76. The van der Waals surface area contributed by atoms with Crippen LogP contribution in [0.5, 0.6) is 5.75 Å². The van der Waals surface area contributed by atoms with Crippen molar-refractivity contribution in [1.82, 2.24) is 20.2 Å². The largest absolute Gasteiger partial charge is 0.494 e. The van der Waals surface area contributed by atoms with E-state index in [9.17, 15) is 14.0 Å². The fourth-order valence-electron chi connectivity index (χ4n) is 4.18. The van der Waals surface area contributed by atoms with Crippen molar-refractivity contribution in [2.45, 2.75) is 38.8 Å². The number of ether oxygens (including phenoxy) is 1. The van der Waals surface area contributed by atoms with E-state index in [-0.39, 0.29) is 30.0 Å². The van der Waals surface area contributed by atoms with Gasteiger partial charge < -0.3 is 24.9 Å². The average Bonchev–Trinajstić information content (AvgIpc) is 3.33. The van der Waals surface area contributed by atoms with Crippen molar-refractivity contribution < 1.29 is 28.7 Å². The first-order chi connectivity index (χ1) is 16.3. The highest BCUT2D eigenvalue weighted by molar-refractivity contribution is 6.01. The molecule has 34 heavy (non-hydrogen) atoms. The number of oxime groups is 1. The number of carbonyl (C=O) groups excluding carboxylic acids is 1. The van der Waals surface area contributed by atoms with Crippen molar-refractivity contribution in [3.8, 4) is 5.75 Å². The number of likely N-dealkylation sites (tertiary alicyclic amines) is 1. The molecule has 1 unspecified atom stereocenters. The molecule has 1 aromatic carbocycles. The summed E-state index contributed by atoms with van der Waals surface area (Å²) in [5.74, 6) is -0.136. The van der Waals surface area contributed by atoms with E-state index in [1.54, 1.807) is 19.1 Å². The molecular formula is C23H26FN5O5. The number of aromatic nitrogens is 2. The summed E-state index contributed by atoms with van der Waals surface area (Å²) in [6, 6.07) is 5.96. The van der Waals surface area contributed by atoms with Gasteiger partial charge in [0.25, 0.3) is 5.91 Å². The van der Waals surface area contributed by atoms with Crippen LogP contribution in [-0.4, -0.2) is 64.0 Å². The molecular weight excluding hydrogens is 445 g/mol. The number of carboxylic acid groups (broad SMARTS) is 1. The fraction of sp³-hybridized carbons (Fsp3) is 0.435. The number of amides is 2. The van der Waals surface area contributed by atoms with Crippen LogP contribution >= 0.6 is 0 Å². The van der Waals surface area contributed by atoms with E-state index >= 15 is 0 Å². The van der Waals surface area contributed by atoms with Gasteiger partial charge >= 0.3 is 6.09 Å². The maximum atomic E-state index is 13.6. The lowest BCUT2D eigenvalue weighted by Gasteiger charge is -2.31. The van der Waals surface area contributed by atoms with Crippen LogP contribution in [0.2, 0.25) is 0 Å². The number of nitrogens with one attached hydrogen (secondary N) is 1. The molecule has 11 heteroatoms. The Balaban J connectivity index is 1.38. The summed E-state index contributed by atoms with van der Waals surface area (Å²) in [6.45, 7) is 2.83. The highest BCUT2D eigenvalue weighted by Gasteiger charge is 2.34. The first kappa shape index (κ1) is 23.4. The van der Waals surface area contributed by atoms with Gasteiger partial charge in [-0.15, -0.1) is 0 Å². The minimum absolute atomic E-state index is 0.106. The standard InChI is InChI=1S/C23H26FN5O5/c1-13-26-17(18-11-20(34-28-18)15-5-7-29(8-6-15)23(31)32)10-19(27-13)22(30)25-12-14-3-4-16(24)21(9-14)33-2/h3-4,9-10,15,20H,5-8,11-12H2,1-2H3,(H,25,30)(H,31,32). The Morgan fingerprint density at radius 2 is 2.03 bits per heavy atom. The number of rotatable bonds is 6. The van der Waals surface area contributed by atoms with Gasteiger partial charge in [-0.2, -0.15) is 0 Å². The zero-order valence-electron chi connectivity index (χ0n) is 19.0. The predicted molar refractivity (Wildman–Crippen MR) is 119 cm³/mol. The molecule has 10 nitrogen and oxygen atoms in total.